The summed E-state index contributed by atoms with van der Waals surface area (Å²) in [7, 11) is 0. The van der Waals surface area contributed by atoms with Crippen molar-refractivity contribution in [3.05, 3.63) is 35.0 Å². The van der Waals surface area contributed by atoms with Gasteiger partial charge in [-0.3, -0.25) is 10.6 Å². The Balaban J connectivity index is 0.00000121. The van der Waals surface area contributed by atoms with Crippen molar-refractivity contribution in [1.29, 1.82) is 0 Å². The van der Waals surface area contributed by atoms with Crippen LogP contribution in [0.25, 0.3) is 10.9 Å². The van der Waals surface area contributed by atoms with Gasteiger partial charge in [-0.2, -0.15) is 0 Å². The molecule has 0 bridgehead atoms. The highest BCUT2D eigenvalue weighted by atomic mass is 35.5. The minimum absolute atomic E-state index is 0. The molecule has 1 aromatic heterocycles. The van der Waals surface area contributed by atoms with E-state index in [2.05, 4.69) is 40.7 Å². The van der Waals surface area contributed by atoms with Crippen molar-refractivity contribution in [2.24, 2.45) is 0 Å². The number of aromatic amines is 1. The van der Waals surface area contributed by atoms with Gasteiger partial charge in [0.1, 0.15) is 0 Å². The Labute approximate surface area is 125 Å². The quantitative estimate of drug-likeness (QED) is 0.795. The maximum Gasteiger partial charge on any atom is 0.0993 e. The van der Waals surface area contributed by atoms with E-state index in [0.717, 1.165) is 13.0 Å². The fourth-order valence-electron chi connectivity index (χ4n) is 3.29. The Kier molecular flexibility index (Phi) is 3.76. The first-order chi connectivity index (χ1) is 9.31. The summed E-state index contributed by atoms with van der Waals surface area (Å²) in [5.41, 5.74) is 5.49. The predicted octanol–water partition coefficient (Wildman–Crippen LogP) is 3.18. The summed E-state index contributed by atoms with van der Waals surface area (Å²) < 4.78 is 0. The number of hydrogen-bond donors (Lipinski definition) is 3. The van der Waals surface area contributed by atoms with Gasteiger partial charge in [0.25, 0.3) is 0 Å². The lowest BCUT2D eigenvalue weighted by atomic mass is 9.92. The number of rotatable bonds is 2. The monoisotopic (exact) mass is 291 g/mol. The Morgan fingerprint density at radius 1 is 1.25 bits per heavy atom. The lowest BCUT2D eigenvalue weighted by molar-refractivity contribution is 0.273. The fourth-order valence-corrected chi connectivity index (χ4v) is 3.29. The summed E-state index contributed by atoms with van der Waals surface area (Å²) in [6, 6.07) is 7.42. The third-order valence-electron chi connectivity index (χ3n) is 4.61. The van der Waals surface area contributed by atoms with Crippen molar-refractivity contribution < 1.29 is 0 Å². The zero-order valence-electron chi connectivity index (χ0n) is 11.8. The molecule has 108 valence electrons. The Morgan fingerprint density at radius 3 is 2.85 bits per heavy atom. The summed E-state index contributed by atoms with van der Waals surface area (Å²) in [4.78, 5) is 3.62. The lowest BCUT2D eigenvalue weighted by Gasteiger charge is -2.34. The van der Waals surface area contributed by atoms with E-state index >= 15 is 0 Å². The van der Waals surface area contributed by atoms with E-state index < -0.39 is 0 Å². The SMILES string of the molecule is Cc1ccc2[nH]c3c(c2c1)CCNC3NC1CCC1.Cl. The molecule has 1 aliphatic heterocycles. The van der Waals surface area contributed by atoms with Gasteiger partial charge >= 0.3 is 0 Å². The van der Waals surface area contributed by atoms with E-state index in [1.165, 1.54) is 47.0 Å². The van der Waals surface area contributed by atoms with Crippen molar-refractivity contribution >= 4 is 23.3 Å². The number of H-pyrrole nitrogens is 1. The maximum atomic E-state index is 3.74. The highest BCUT2D eigenvalue weighted by molar-refractivity contribution is 5.86. The van der Waals surface area contributed by atoms with E-state index in [1.807, 2.05) is 0 Å². The molecule has 3 N–H and O–H groups in total. The molecule has 0 amide bonds. The van der Waals surface area contributed by atoms with Gasteiger partial charge in [0.2, 0.25) is 0 Å². The molecule has 4 rings (SSSR count). The van der Waals surface area contributed by atoms with Crippen LogP contribution in [-0.4, -0.2) is 17.6 Å². The maximum absolute atomic E-state index is 3.74. The van der Waals surface area contributed by atoms with Gasteiger partial charge in [-0.25, -0.2) is 0 Å². The van der Waals surface area contributed by atoms with Crippen molar-refractivity contribution in [3.8, 4) is 0 Å². The van der Waals surface area contributed by atoms with Gasteiger partial charge < -0.3 is 4.98 Å². The highest BCUT2D eigenvalue weighted by Crippen LogP contribution is 2.31. The first kappa shape index (κ1) is 13.9. The third-order valence-corrected chi connectivity index (χ3v) is 4.61. The molecule has 2 aromatic rings. The standard InChI is InChI=1S/C16H21N3.ClH/c1-10-5-6-14-13(9-10)12-7-8-17-16(15(12)19-14)18-11-3-2-4-11;/h5-6,9,11,16-19H,2-4,7-8H2,1H3;1H. The minimum atomic E-state index is 0. The van der Waals surface area contributed by atoms with Crippen LogP contribution in [0.4, 0.5) is 0 Å². The van der Waals surface area contributed by atoms with Crippen LogP contribution in [0.1, 0.15) is 42.2 Å². The van der Waals surface area contributed by atoms with Gasteiger partial charge in [0, 0.05) is 23.5 Å². The molecule has 4 heteroatoms. The van der Waals surface area contributed by atoms with Crippen molar-refractivity contribution in [2.75, 3.05) is 6.54 Å². The number of nitrogens with one attached hydrogen (secondary N) is 3. The zero-order valence-corrected chi connectivity index (χ0v) is 12.6. The number of aromatic nitrogens is 1. The molecule has 1 fully saturated rings. The molecule has 1 aromatic carbocycles. The summed E-state index contributed by atoms with van der Waals surface area (Å²) in [6.45, 7) is 3.24. The summed E-state index contributed by atoms with van der Waals surface area (Å²) in [6.07, 6.45) is 5.46. The first-order valence-corrected chi connectivity index (χ1v) is 7.42. The number of hydrogen-bond acceptors (Lipinski definition) is 2. The molecule has 1 unspecified atom stereocenters. The van der Waals surface area contributed by atoms with E-state index in [9.17, 15) is 0 Å². The van der Waals surface area contributed by atoms with Crippen LogP contribution in [0.2, 0.25) is 0 Å². The first-order valence-electron chi connectivity index (χ1n) is 7.42. The predicted molar refractivity (Wildman–Crippen MR) is 85.5 cm³/mol. The average Bonchev–Trinajstić information content (AvgIpc) is 2.73. The zero-order chi connectivity index (χ0) is 12.8. The smallest absolute Gasteiger partial charge is 0.0993 e. The van der Waals surface area contributed by atoms with E-state index in [-0.39, 0.29) is 12.4 Å². The summed E-state index contributed by atoms with van der Waals surface area (Å²) >= 11 is 0. The number of fused-ring (bicyclic) bond motifs is 3. The van der Waals surface area contributed by atoms with Crippen LogP contribution >= 0.6 is 12.4 Å². The minimum Gasteiger partial charge on any atom is -0.356 e. The normalized spacial score (nSPS) is 22.1. The van der Waals surface area contributed by atoms with Crippen molar-refractivity contribution in [2.45, 2.75) is 44.8 Å². The van der Waals surface area contributed by atoms with Gasteiger partial charge in [-0.15, -0.1) is 12.4 Å². The lowest BCUT2D eigenvalue weighted by Crippen LogP contribution is -2.46. The molecule has 0 spiro atoms. The molecular formula is C16H22ClN3. The molecule has 1 aliphatic carbocycles. The Morgan fingerprint density at radius 2 is 2.10 bits per heavy atom. The molecule has 0 radical (unpaired) electrons. The topological polar surface area (TPSA) is 39.9 Å². The number of benzene rings is 1. The van der Waals surface area contributed by atoms with E-state index in [0.29, 0.717) is 12.2 Å². The Bertz CT molecular complexity index is 615. The fraction of sp³-hybridized carbons (Fsp3) is 0.500. The van der Waals surface area contributed by atoms with Crippen LogP contribution in [0.15, 0.2) is 18.2 Å². The summed E-state index contributed by atoms with van der Waals surface area (Å²) in [5.74, 6) is 0. The molecule has 0 saturated heterocycles. The number of aryl methyl sites for hydroxylation is 1. The van der Waals surface area contributed by atoms with Crippen LogP contribution in [0.5, 0.6) is 0 Å². The van der Waals surface area contributed by atoms with Crippen LogP contribution < -0.4 is 10.6 Å². The molecule has 2 aliphatic rings. The van der Waals surface area contributed by atoms with Gasteiger partial charge in [-0.1, -0.05) is 18.1 Å². The molecule has 2 heterocycles. The number of halogens is 1. The molecule has 1 saturated carbocycles. The van der Waals surface area contributed by atoms with Crippen LogP contribution in [0, 0.1) is 6.92 Å². The molecular weight excluding hydrogens is 270 g/mol. The average molecular weight is 292 g/mol. The largest absolute Gasteiger partial charge is 0.356 e. The summed E-state index contributed by atoms with van der Waals surface area (Å²) in [5, 5.41) is 8.77. The second-order valence-electron chi connectivity index (χ2n) is 6.00. The Hall–Kier alpha value is -1.03. The molecule has 1 atom stereocenters. The van der Waals surface area contributed by atoms with Crippen molar-refractivity contribution in [1.82, 2.24) is 15.6 Å². The molecule has 20 heavy (non-hydrogen) atoms. The second-order valence-corrected chi connectivity index (χ2v) is 6.00. The van der Waals surface area contributed by atoms with Gasteiger partial charge in [-0.05, 0) is 43.9 Å². The van der Waals surface area contributed by atoms with Crippen molar-refractivity contribution in [3.63, 3.8) is 0 Å². The second kappa shape index (κ2) is 5.40. The van der Waals surface area contributed by atoms with Gasteiger partial charge in [0.15, 0.2) is 0 Å². The van der Waals surface area contributed by atoms with E-state index in [1.54, 1.807) is 0 Å². The van der Waals surface area contributed by atoms with Crippen LogP contribution in [0.3, 0.4) is 0 Å². The molecule has 3 nitrogen and oxygen atoms in total. The third kappa shape index (κ3) is 2.24. The van der Waals surface area contributed by atoms with Gasteiger partial charge in [0.05, 0.1) is 11.9 Å². The van der Waals surface area contributed by atoms with E-state index in [4.69, 9.17) is 0 Å². The van der Waals surface area contributed by atoms with Crippen LogP contribution in [-0.2, 0) is 6.42 Å². The highest BCUT2D eigenvalue weighted by Gasteiger charge is 2.27.